The van der Waals surface area contributed by atoms with E-state index in [9.17, 15) is 14.8 Å². The minimum atomic E-state index is -0.404. The molecule has 0 aliphatic heterocycles. The number of nitrogens with zero attached hydrogens (tertiary/aromatic N) is 2. The van der Waals surface area contributed by atoms with Crippen LogP contribution in [0.3, 0.4) is 0 Å². The van der Waals surface area contributed by atoms with Gasteiger partial charge in [0, 0.05) is 13.1 Å². The molecule has 3 aliphatic carbocycles. The Bertz CT molecular complexity index is 737. The highest BCUT2D eigenvalue weighted by Crippen LogP contribution is 2.60. The van der Waals surface area contributed by atoms with E-state index in [1.54, 1.807) is 0 Å². The fraction of sp³-hybridized carbons (Fsp3) is 0.650. The third-order valence-corrected chi connectivity index (χ3v) is 7.42. The predicted molar refractivity (Wildman–Crippen MR) is 98.6 cm³/mol. The molecule has 4 rings (SSSR count). The molecule has 2 saturated carbocycles. The van der Waals surface area contributed by atoms with Gasteiger partial charge in [0.2, 0.25) is 0 Å². The van der Waals surface area contributed by atoms with Crippen LogP contribution in [0.4, 0.5) is 4.79 Å². The van der Waals surface area contributed by atoms with E-state index in [0.717, 1.165) is 43.5 Å². The molecular formula is C20H27N3O3. The number of amides is 2. The zero-order valence-electron chi connectivity index (χ0n) is 15.4. The predicted octanol–water partition coefficient (Wildman–Crippen LogP) is 3.94. The molecule has 0 unspecified atom stereocenters. The average Bonchev–Trinajstić information content (AvgIpc) is 2.97. The van der Waals surface area contributed by atoms with Crippen molar-refractivity contribution in [3.05, 3.63) is 34.2 Å². The van der Waals surface area contributed by atoms with E-state index in [1.165, 1.54) is 18.2 Å². The Balaban J connectivity index is 1.56. The number of nitroso groups, excluding NO2 is 1. The SMILES string of the molecule is CN(N=O)C(=O)N[C@H]1CC[C@H]2[C@@H]3CCc4cc(O)ccc4[C@H]3CC[C@]12C. The second kappa shape index (κ2) is 6.25. The smallest absolute Gasteiger partial charge is 0.340 e. The van der Waals surface area contributed by atoms with Gasteiger partial charge in [-0.3, -0.25) is 0 Å². The topological polar surface area (TPSA) is 82.0 Å². The molecule has 140 valence electrons. The van der Waals surface area contributed by atoms with Crippen LogP contribution >= 0.6 is 0 Å². The molecule has 6 heteroatoms. The van der Waals surface area contributed by atoms with Crippen LogP contribution in [0.5, 0.6) is 5.75 Å². The van der Waals surface area contributed by atoms with Crippen LogP contribution in [0.1, 0.15) is 56.1 Å². The maximum Gasteiger partial charge on any atom is 0.340 e. The molecule has 2 N–H and O–H groups in total. The number of rotatable bonds is 2. The van der Waals surface area contributed by atoms with Gasteiger partial charge in [0.25, 0.3) is 0 Å². The zero-order valence-corrected chi connectivity index (χ0v) is 15.4. The molecule has 0 radical (unpaired) electrons. The molecule has 3 aliphatic rings. The second-order valence-corrected chi connectivity index (χ2v) is 8.53. The number of aryl methyl sites for hydroxylation is 1. The first-order valence-corrected chi connectivity index (χ1v) is 9.63. The summed E-state index contributed by atoms with van der Waals surface area (Å²) in [6.07, 6.45) is 6.44. The summed E-state index contributed by atoms with van der Waals surface area (Å²) in [5.41, 5.74) is 2.80. The lowest BCUT2D eigenvalue weighted by Crippen LogP contribution is -2.51. The Kier molecular flexibility index (Phi) is 4.16. The van der Waals surface area contributed by atoms with Crippen molar-refractivity contribution in [2.45, 2.75) is 57.4 Å². The Morgan fingerprint density at radius 2 is 2.12 bits per heavy atom. The molecule has 6 nitrogen and oxygen atoms in total. The highest BCUT2D eigenvalue weighted by atomic mass is 16.3. The first-order chi connectivity index (χ1) is 12.4. The third-order valence-electron chi connectivity index (χ3n) is 7.42. The van der Waals surface area contributed by atoms with Crippen molar-refractivity contribution in [2.24, 2.45) is 22.5 Å². The van der Waals surface area contributed by atoms with Crippen LogP contribution in [0, 0.1) is 22.2 Å². The van der Waals surface area contributed by atoms with Gasteiger partial charge in [-0.05, 0) is 85.0 Å². The molecule has 5 atom stereocenters. The van der Waals surface area contributed by atoms with E-state index in [0.29, 0.717) is 23.5 Å². The van der Waals surface area contributed by atoms with Gasteiger partial charge in [-0.2, -0.15) is 5.01 Å². The van der Waals surface area contributed by atoms with Crippen LogP contribution in [-0.4, -0.2) is 29.2 Å². The number of phenols is 1. The summed E-state index contributed by atoms with van der Waals surface area (Å²) >= 11 is 0. The van der Waals surface area contributed by atoms with Gasteiger partial charge in [0.1, 0.15) is 5.75 Å². The number of hydrogen-bond donors (Lipinski definition) is 2. The number of carbonyl (C=O) groups is 1. The fourth-order valence-corrected chi connectivity index (χ4v) is 6.09. The van der Waals surface area contributed by atoms with Crippen molar-refractivity contribution < 1.29 is 9.90 Å². The number of nitrogens with one attached hydrogen (secondary N) is 1. The highest BCUT2D eigenvalue weighted by molar-refractivity contribution is 5.73. The summed E-state index contributed by atoms with van der Waals surface area (Å²) in [4.78, 5) is 22.7. The van der Waals surface area contributed by atoms with Gasteiger partial charge in [0.15, 0.2) is 0 Å². The van der Waals surface area contributed by atoms with Gasteiger partial charge >= 0.3 is 6.03 Å². The molecule has 2 amide bonds. The summed E-state index contributed by atoms with van der Waals surface area (Å²) in [7, 11) is 1.39. The first kappa shape index (κ1) is 17.3. The molecular weight excluding hydrogens is 330 g/mol. The van der Waals surface area contributed by atoms with Crippen LogP contribution in [0.15, 0.2) is 23.5 Å². The lowest BCUT2D eigenvalue weighted by Gasteiger charge is -2.51. The minimum absolute atomic E-state index is 0.0783. The standard InChI is InChI=1S/C20H27N3O3/c1-20-10-9-15-14-6-4-13(24)11-12(14)3-5-16(15)17(20)7-8-18(20)21-19(25)23(2)22-26/h4,6,11,15-18,24H,3,5,7-10H2,1-2H3,(H,21,25)/t15-,16-,17+,18+,20+/m1/s1. The van der Waals surface area contributed by atoms with E-state index in [4.69, 9.17) is 0 Å². The van der Waals surface area contributed by atoms with E-state index >= 15 is 0 Å². The van der Waals surface area contributed by atoms with Crippen LogP contribution in [-0.2, 0) is 6.42 Å². The van der Waals surface area contributed by atoms with E-state index in [-0.39, 0.29) is 11.5 Å². The molecule has 0 aromatic heterocycles. The highest BCUT2D eigenvalue weighted by Gasteiger charge is 2.55. The molecule has 0 saturated heterocycles. The molecule has 0 spiro atoms. The largest absolute Gasteiger partial charge is 0.508 e. The quantitative estimate of drug-likeness (QED) is 0.621. The third kappa shape index (κ3) is 2.58. The molecule has 1 aromatic rings. The molecule has 0 bridgehead atoms. The molecule has 1 aromatic carbocycles. The van der Waals surface area contributed by atoms with Crippen LogP contribution in [0.2, 0.25) is 0 Å². The Labute approximate surface area is 153 Å². The van der Waals surface area contributed by atoms with Gasteiger partial charge in [-0.15, -0.1) is 4.91 Å². The normalized spacial score (nSPS) is 35.0. The Hall–Kier alpha value is -2.11. The Morgan fingerprint density at radius 3 is 2.88 bits per heavy atom. The summed E-state index contributed by atoms with van der Waals surface area (Å²) in [5.74, 6) is 2.14. The summed E-state index contributed by atoms with van der Waals surface area (Å²) in [5, 5.41) is 16.4. The number of benzene rings is 1. The second-order valence-electron chi connectivity index (χ2n) is 8.53. The monoisotopic (exact) mass is 357 g/mol. The lowest BCUT2D eigenvalue weighted by molar-refractivity contribution is 0.0424. The van der Waals surface area contributed by atoms with Gasteiger partial charge in [-0.25, -0.2) is 4.79 Å². The lowest BCUT2D eigenvalue weighted by atomic mass is 9.55. The zero-order chi connectivity index (χ0) is 18.5. The number of urea groups is 1. The van der Waals surface area contributed by atoms with Crippen molar-refractivity contribution in [3.63, 3.8) is 0 Å². The van der Waals surface area contributed by atoms with Crippen LogP contribution < -0.4 is 5.32 Å². The van der Waals surface area contributed by atoms with Crippen molar-refractivity contribution >= 4 is 6.03 Å². The van der Waals surface area contributed by atoms with Gasteiger partial charge in [0.05, 0.1) is 5.29 Å². The van der Waals surface area contributed by atoms with Crippen molar-refractivity contribution in [1.82, 2.24) is 10.3 Å². The van der Waals surface area contributed by atoms with Crippen molar-refractivity contribution in [2.75, 3.05) is 7.05 Å². The van der Waals surface area contributed by atoms with Crippen LogP contribution in [0.25, 0.3) is 0 Å². The number of hydrogen-bond acceptors (Lipinski definition) is 4. The summed E-state index contributed by atoms with van der Waals surface area (Å²) in [6, 6.07) is 5.56. The van der Waals surface area contributed by atoms with Gasteiger partial charge < -0.3 is 10.4 Å². The minimum Gasteiger partial charge on any atom is -0.508 e. The van der Waals surface area contributed by atoms with Crippen molar-refractivity contribution in [3.8, 4) is 5.75 Å². The number of aromatic hydroxyl groups is 1. The van der Waals surface area contributed by atoms with E-state index in [1.807, 2.05) is 12.1 Å². The maximum atomic E-state index is 12.1. The first-order valence-electron chi connectivity index (χ1n) is 9.63. The molecule has 2 fully saturated rings. The van der Waals surface area contributed by atoms with Gasteiger partial charge in [-0.1, -0.05) is 13.0 Å². The summed E-state index contributed by atoms with van der Waals surface area (Å²) < 4.78 is 0. The number of carbonyl (C=O) groups excluding carboxylic acids is 1. The fourth-order valence-electron chi connectivity index (χ4n) is 6.09. The Morgan fingerprint density at radius 1 is 1.31 bits per heavy atom. The molecule has 0 heterocycles. The molecule has 26 heavy (non-hydrogen) atoms. The summed E-state index contributed by atoms with van der Waals surface area (Å²) in [6.45, 7) is 2.31. The van der Waals surface area contributed by atoms with E-state index < -0.39 is 6.03 Å². The average molecular weight is 357 g/mol. The van der Waals surface area contributed by atoms with Crippen molar-refractivity contribution in [1.29, 1.82) is 0 Å². The number of phenolic OH excluding ortho intramolecular Hbond substituents is 1. The number of fused-ring (bicyclic) bond motifs is 5. The maximum absolute atomic E-state index is 12.1. The van der Waals surface area contributed by atoms with E-state index in [2.05, 4.69) is 23.6 Å².